The highest BCUT2D eigenvalue weighted by Gasteiger charge is 2.48. The molecule has 1 atom stereocenters. The van der Waals surface area contributed by atoms with Gasteiger partial charge in [0.05, 0.1) is 18.7 Å². The molecule has 10 heteroatoms. The number of carbonyl (C=O) groups is 4. The van der Waals surface area contributed by atoms with Crippen molar-refractivity contribution in [2.24, 2.45) is 0 Å². The van der Waals surface area contributed by atoms with Crippen LogP contribution in [0, 0.1) is 0 Å². The topological polar surface area (TPSA) is 123 Å². The molecule has 1 fully saturated rings. The number of anilines is 1. The van der Waals surface area contributed by atoms with E-state index in [-0.39, 0.29) is 42.4 Å². The molecule has 3 amide bonds. The van der Waals surface area contributed by atoms with Gasteiger partial charge in [-0.15, -0.1) is 0 Å². The lowest BCUT2D eigenvalue weighted by Gasteiger charge is -2.43. The Kier molecular flexibility index (Phi) is 7.94. The number of fused-ring (bicyclic) bond motifs is 1. The molecule has 2 heterocycles. The number of rotatable bonds is 9. The van der Waals surface area contributed by atoms with Crippen molar-refractivity contribution in [2.45, 2.75) is 77.4 Å². The van der Waals surface area contributed by atoms with Gasteiger partial charge in [-0.1, -0.05) is 32.3 Å². The molecule has 1 unspecified atom stereocenters. The highest BCUT2D eigenvalue weighted by atomic mass is 16.5. The maximum Gasteiger partial charge on any atom is 0.338 e. The van der Waals surface area contributed by atoms with E-state index in [0.717, 1.165) is 38.5 Å². The van der Waals surface area contributed by atoms with Crippen LogP contribution in [0.4, 0.5) is 5.69 Å². The van der Waals surface area contributed by atoms with E-state index in [0.29, 0.717) is 17.8 Å². The van der Waals surface area contributed by atoms with E-state index >= 15 is 0 Å². The second-order valence-electron chi connectivity index (χ2n) is 9.87. The third-order valence-corrected chi connectivity index (χ3v) is 7.08. The average molecular weight is 510 g/mol. The van der Waals surface area contributed by atoms with Gasteiger partial charge in [0.25, 0.3) is 11.8 Å². The van der Waals surface area contributed by atoms with Gasteiger partial charge in [-0.25, -0.2) is 4.79 Å². The van der Waals surface area contributed by atoms with Crippen LogP contribution in [0.5, 0.6) is 0 Å². The van der Waals surface area contributed by atoms with Crippen LogP contribution in [0.3, 0.4) is 0 Å². The summed E-state index contributed by atoms with van der Waals surface area (Å²) in [5, 5.41) is 10.3. The Morgan fingerprint density at radius 2 is 1.92 bits per heavy atom. The molecule has 1 aliphatic carbocycles. The van der Waals surface area contributed by atoms with Crippen molar-refractivity contribution in [1.29, 1.82) is 0 Å². The largest absolute Gasteiger partial charge is 0.462 e. The van der Waals surface area contributed by atoms with Crippen LogP contribution < -0.4 is 10.6 Å². The van der Waals surface area contributed by atoms with Crippen LogP contribution in [0.15, 0.2) is 30.3 Å². The fourth-order valence-electron chi connectivity index (χ4n) is 4.96. The van der Waals surface area contributed by atoms with E-state index in [1.54, 1.807) is 36.9 Å². The predicted molar refractivity (Wildman–Crippen MR) is 137 cm³/mol. The summed E-state index contributed by atoms with van der Waals surface area (Å²) >= 11 is 0. The first kappa shape index (κ1) is 26.4. The number of hydrogen-bond acceptors (Lipinski definition) is 6. The van der Waals surface area contributed by atoms with Crippen LogP contribution in [-0.2, 0) is 16.1 Å². The molecule has 0 spiro atoms. The highest BCUT2D eigenvalue weighted by molar-refractivity contribution is 6.06. The molecule has 0 bridgehead atoms. The van der Waals surface area contributed by atoms with Gasteiger partial charge in [0, 0.05) is 24.3 Å². The van der Waals surface area contributed by atoms with E-state index in [1.807, 2.05) is 6.92 Å². The number of hydrogen-bond donors (Lipinski definition) is 2. The minimum absolute atomic E-state index is 0.0563. The lowest BCUT2D eigenvalue weighted by atomic mass is 9.94. The van der Waals surface area contributed by atoms with Crippen molar-refractivity contribution in [3.05, 3.63) is 47.3 Å². The van der Waals surface area contributed by atoms with E-state index in [1.165, 1.54) is 16.8 Å². The van der Waals surface area contributed by atoms with Gasteiger partial charge in [-0.2, -0.15) is 5.10 Å². The number of carbonyl (C=O) groups excluding carboxylic acids is 4. The minimum atomic E-state index is -1.12. The number of nitrogens with one attached hydrogen (secondary N) is 2. The summed E-state index contributed by atoms with van der Waals surface area (Å²) in [6.07, 6.45) is 5.70. The maximum atomic E-state index is 13.6. The summed E-state index contributed by atoms with van der Waals surface area (Å²) in [5.41, 5.74) is -0.0727. The number of ether oxygens (including phenoxy) is 1. The van der Waals surface area contributed by atoms with Gasteiger partial charge in [-0.3, -0.25) is 19.1 Å². The van der Waals surface area contributed by atoms with Crippen LogP contribution in [0.1, 0.15) is 90.6 Å². The molecule has 37 heavy (non-hydrogen) atoms. The number of aromatic nitrogens is 2. The molecular formula is C27H35N5O5. The first-order chi connectivity index (χ1) is 17.8. The lowest BCUT2D eigenvalue weighted by molar-refractivity contribution is -0.133. The molecule has 2 aliphatic rings. The summed E-state index contributed by atoms with van der Waals surface area (Å²) in [7, 11) is 0. The van der Waals surface area contributed by atoms with E-state index in [2.05, 4.69) is 15.7 Å². The SMILES string of the molecule is CCCCN1C(=O)c2cc(C(=O)Nc3cccc(C(=O)OCC)c3)nn2CC1(C)C(=O)NC1CCCC1. The zero-order valence-electron chi connectivity index (χ0n) is 21.7. The second-order valence-corrected chi connectivity index (χ2v) is 9.87. The number of amides is 3. The van der Waals surface area contributed by atoms with Gasteiger partial charge < -0.3 is 20.3 Å². The number of nitrogens with zero attached hydrogens (tertiary/aromatic N) is 3. The van der Waals surface area contributed by atoms with Crippen molar-refractivity contribution in [1.82, 2.24) is 20.0 Å². The summed E-state index contributed by atoms with van der Waals surface area (Å²) in [5.74, 6) is -1.51. The molecule has 10 nitrogen and oxygen atoms in total. The molecule has 1 aromatic carbocycles. The van der Waals surface area contributed by atoms with E-state index in [9.17, 15) is 19.2 Å². The Morgan fingerprint density at radius 1 is 1.16 bits per heavy atom. The zero-order chi connectivity index (χ0) is 26.6. The number of esters is 1. The molecule has 2 N–H and O–H groups in total. The number of unbranched alkanes of at least 4 members (excludes halogenated alkanes) is 1. The van der Waals surface area contributed by atoms with Crippen molar-refractivity contribution >= 4 is 29.4 Å². The van der Waals surface area contributed by atoms with Crippen LogP contribution >= 0.6 is 0 Å². The zero-order valence-corrected chi connectivity index (χ0v) is 21.7. The van der Waals surface area contributed by atoms with Crippen molar-refractivity contribution in [3.8, 4) is 0 Å². The first-order valence-electron chi connectivity index (χ1n) is 13.1. The van der Waals surface area contributed by atoms with Crippen LogP contribution in [0.25, 0.3) is 0 Å². The summed E-state index contributed by atoms with van der Waals surface area (Å²) < 4.78 is 6.48. The molecule has 2 aromatic rings. The van der Waals surface area contributed by atoms with E-state index in [4.69, 9.17) is 4.74 Å². The van der Waals surface area contributed by atoms with Crippen molar-refractivity contribution in [2.75, 3.05) is 18.5 Å². The van der Waals surface area contributed by atoms with Crippen LogP contribution in [-0.4, -0.2) is 63.1 Å². The maximum absolute atomic E-state index is 13.6. The van der Waals surface area contributed by atoms with Gasteiger partial charge in [-0.05, 0) is 51.3 Å². The fourth-order valence-corrected chi connectivity index (χ4v) is 4.96. The van der Waals surface area contributed by atoms with Gasteiger partial charge in [0.2, 0.25) is 5.91 Å². The Labute approximate surface area is 216 Å². The normalized spacial score (nSPS) is 19.4. The molecule has 0 saturated heterocycles. The lowest BCUT2D eigenvalue weighted by Crippen LogP contribution is -2.65. The molecule has 0 radical (unpaired) electrons. The minimum Gasteiger partial charge on any atom is -0.462 e. The molecular weight excluding hydrogens is 474 g/mol. The molecule has 4 rings (SSSR count). The first-order valence-corrected chi connectivity index (χ1v) is 13.1. The van der Waals surface area contributed by atoms with Gasteiger partial charge >= 0.3 is 5.97 Å². The summed E-state index contributed by atoms with van der Waals surface area (Å²) in [6, 6.07) is 8.00. The Bertz CT molecular complexity index is 1190. The monoisotopic (exact) mass is 509 g/mol. The summed E-state index contributed by atoms with van der Waals surface area (Å²) in [4.78, 5) is 53.7. The molecule has 1 aliphatic heterocycles. The Balaban J connectivity index is 1.56. The van der Waals surface area contributed by atoms with Crippen LogP contribution in [0.2, 0.25) is 0 Å². The highest BCUT2D eigenvalue weighted by Crippen LogP contribution is 2.29. The Morgan fingerprint density at radius 3 is 2.62 bits per heavy atom. The standard InChI is InChI=1S/C27H35N5O5/c1-4-6-14-31-24(34)22-16-21(23(33)28-20-13-9-10-18(15-20)25(35)37-5-2)30-32(22)17-27(31,3)26(36)29-19-11-7-8-12-19/h9-10,13,15-16,19H,4-8,11-12,14,17H2,1-3H3,(H,28,33)(H,29,36). The average Bonchev–Trinajstić information content (AvgIpc) is 3.54. The van der Waals surface area contributed by atoms with Crippen molar-refractivity contribution < 1.29 is 23.9 Å². The van der Waals surface area contributed by atoms with E-state index < -0.39 is 17.4 Å². The smallest absolute Gasteiger partial charge is 0.338 e. The summed E-state index contributed by atoms with van der Waals surface area (Å²) in [6.45, 7) is 6.37. The van der Waals surface area contributed by atoms with Gasteiger partial charge in [0.15, 0.2) is 5.69 Å². The van der Waals surface area contributed by atoms with Crippen molar-refractivity contribution in [3.63, 3.8) is 0 Å². The second kappa shape index (κ2) is 11.1. The number of benzene rings is 1. The fraction of sp³-hybridized carbons (Fsp3) is 0.519. The molecule has 198 valence electrons. The molecule has 1 aromatic heterocycles. The molecule has 1 saturated carbocycles. The quantitative estimate of drug-likeness (QED) is 0.500. The third kappa shape index (κ3) is 5.52. The third-order valence-electron chi connectivity index (χ3n) is 7.08. The van der Waals surface area contributed by atoms with Gasteiger partial charge in [0.1, 0.15) is 11.2 Å². The Hall–Kier alpha value is -3.69. The predicted octanol–water partition coefficient (Wildman–Crippen LogP) is 3.39.